The second-order valence-corrected chi connectivity index (χ2v) is 5.47. The van der Waals surface area contributed by atoms with Crippen LogP contribution in [0.4, 0.5) is 0 Å². The first-order chi connectivity index (χ1) is 10.2. The molecule has 1 aromatic carbocycles. The van der Waals surface area contributed by atoms with Gasteiger partial charge in [-0.1, -0.05) is 11.2 Å². The van der Waals surface area contributed by atoms with Crippen LogP contribution in [-0.4, -0.2) is 24.8 Å². The van der Waals surface area contributed by atoms with Crippen molar-refractivity contribution in [3.8, 4) is 17.1 Å². The van der Waals surface area contributed by atoms with Crippen molar-refractivity contribution in [2.24, 2.45) is 0 Å². The molecular weight excluding hydrogens is 338 g/mol. The van der Waals surface area contributed by atoms with Crippen LogP contribution in [0.3, 0.4) is 0 Å². The largest absolute Gasteiger partial charge is 0.496 e. The van der Waals surface area contributed by atoms with E-state index in [2.05, 4.69) is 21.1 Å². The Labute approximate surface area is 130 Å². The average molecular weight is 352 g/mol. The molecule has 0 spiro atoms. The van der Waals surface area contributed by atoms with Crippen molar-refractivity contribution in [3.63, 3.8) is 0 Å². The zero-order chi connectivity index (χ0) is 15.0. The van der Waals surface area contributed by atoms with Gasteiger partial charge in [0.15, 0.2) is 11.5 Å². The smallest absolute Gasteiger partial charge is 0.360 e. The quantitative estimate of drug-likeness (QED) is 0.793. The number of esters is 1. The molecule has 0 aliphatic heterocycles. The summed E-state index contributed by atoms with van der Waals surface area (Å²) in [5, 5.41) is 3.90. The Morgan fingerprint density at radius 1 is 1.43 bits per heavy atom. The maximum atomic E-state index is 11.9. The Kier molecular flexibility index (Phi) is 3.71. The van der Waals surface area contributed by atoms with E-state index in [1.165, 1.54) is 0 Å². The molecule has 21 heavy (non-hydrogen) atoms. The van der Waals surface area contributed by atoms with E-state index in [-0.39, 0.29) is 5.69 Å². The van der Waals surface area contributed by atoms with E-state index in [9.17, 15) is 4.79 Å². The summed E-state index contributed by atoms with van der Waals surface area (Å²) in [4.78, 5) is 11.9. The highest BCUT2D eigenvalue weighted by Gasteiger charge is 2.30. The molecule has 5 nitrogen and oxygen atoms in total. The molecule has 0 bridgehead atoms. The van der Waals surface area contributed by atoms with Crippen molar-refractivity contribution in [1.82, 2.24) is 5.16 Å². The van der Waals surface area contributed by atoms with Gasteiger partial charge in [-0.3, -0.25) is 0 Å². The van der Waals surface area contributed by atoms with Gasteiger partial charge in [-0.2, -0.15) is 0 Å². The summed E-state index contributed by atoms with van der Waals surface area (Å²) < 4.78 is 16.6. The lowest BCUT2D eigenvalue weighted by Gasteiger charge is -2.17. The Hall–Kier alpha value is -1.82. The van der Waals surface area contributed by atoms with Crippen LogP contribution in [0.5, 0.6) is 5.75 Å². The van der Waals surface area contributed by atoms with Gasteiger partial charge >= 0.3 is 5.97 Å². The van der Waals surface area contributed by atoms with Crippen LogP contribution >= 0.6 is 15.9 Å². The third kappa shape index (κ3) is 2.23. The van der Waals surface area contributed by atoms with Crippen molar-refractivity contribution in [1.29, 1.82) is 0 Å². The SMILES string of the molecule is CCOC(=O)c1noc2c1CCc1ccc(OC)c(Br)c1-2. The highest BCUT2D eigenvalue weighted by Crippen LogP contribution is 2.43. The summed E-state index contributed by atoms with van der Waals surface area (Å²) in [7, 11) is 1.61. The van der Waals surface area contributed by atoms with E-state index in [0.29, 0.717) is 18.8 Å². The maximum Gasteiger partial charge on any atom is 0.360 e. The third-order valence-electron chi connectivity index (χ3n) is 3.54. The highest BCUT2D eigenvalue weighted by atomic mass is 79.9. The van der Waals surface area contributed by atoms with E-state index in [0.717, 1.165) is 33.3 Å². The van der Waals surface area contributed by atoms with Crippen LogP contribution in [0, 0.1) is 0 Å². The lowest BCUT2D eigenvalue weighted by molar-refractivity contribution is 0.0513. The predicted octanol–water partition coefficient (Wildman–Crippen LogP) is 3.39. The average Bonchev–Trinajstić information content (AvgIpc) is 2.91. The molecule has 0 saturated carbocycles. The number of halogens is 1. The molecule has 1 aromatic heterocycles. The molecular formula is C15H14BrNO4. The summed E-state index contributed by atoms with van der Waals surface area (Å²) in [6.07, 6.45) is 1.53. The number of hydrogen-bond acceptors (Lipinski definition) is 5. The minimum atomic E-state index is -0.440. The molecule has 0 radical (unpaired) electrons. The van der Waals surface area contributed by atoms with Gasteiger partial charge in [-0.15, -0.1) is 0 Å². The molecule has 0 unspecified atom stereocenters. The van der Waals surface area contributed by atoms with Gasteiger partial charge in [-0.05, 0) is 47.3 Å². The zero-order valence-electron chi connectivity index (χ0n) is 11.7. The van der Waals surface area contributed by atoms with Crippen molar-refractivity contribution in [3.05, 3.63) is 33.4 Å². The number of benzene rings is 1. The molecule has 2 aromatic rings. The molecule has 0 N–H and O–H groups in total. The Bertz CT molecular complexity index is 708. The van der Waals surface area contributed by atoms with Gasteiger partial charge < -0.3 is 14.0 Å². The number of methoxy groups -OCH3 is 1. The number of rotatable bonds is 3. The van der Waals surface area contributed by atoms with E-state index in [1.54, 1.807) is 14.0 Å². The van der Waals surface area contributed by atoms with Crippen LogP contribution in [0.1, 0.15) is 28.5 Å². The van der Waals surface area contributed by atoms with Crippen LogP contribution in [0.15, 0.2) is 21.1 Å². The summed E-state index contributed by atoms with van der Waals surface area (Å²) in [5.41, 5.74) is 3.11. The van der Waals surface area contributed by atoms with Crippen molar-refractivity contribution in [2.75, 3.05) is 13.7 Å². The third-order valence-corrected chi connectivity index (χ3v) is 4.33. The molecule has 0 atom stereocenters. The second-order valence-electron chi connectivity index (χ2n) is 4.68. The maximum absolute atomic E-state index is 11.9. The minimum Gasteiger partial charge on any atom is -0.496 e. The molecule has 1 aliphatic carbocycles. The van der Waals surface area contributed by atoms with E-state index >= 15 is 0 Å². The van der Waals surface area contributed by atoms with Crippen LogP contribution in [0.2, 0.25) is 0 Å². The fourth-order valence-corrected chi connectivity index (χ4v) is 3.29. The topological polar surface area (TPSA) is 61.6 Å². The number of carbonyl (C=O) groups excluding carboxylic acids is 1. The molecule has 0 fully saturated rings. The monoisotopic (exact) mass is 351 g/mol. The number of nitrogens with zero attached hydrogens (tertiary/aromatic N) is 1. The molecule has 0 saturated heterocycles. The number of fused-ring (bicyclic) bond motifs is 3. The van der Waals surface area contributed by atoms with Gasteiger partial charge in [0.25, 0.3) is 0 Å². The van der Waals surface area contributed by atoms with Crippen LogP contribution in [-0.2, 0) is 17.6 Å². The molecule has 1 aliphatic rings. The van der Waals surface area contributed by atoms with Gasteiger partial charge in [0, 0.05) is 11.1 Å². The van der Waals surface area contributed by atoms with E-state index in [4.69, 9.17) is 14.0 Å². The fourth-order valence-electron chi connectivity index (χ4n) is 2.57. The predicted molar refractivity (Wildman–Crippen MR) is 79.6 cm³/mol. The normalized spacial score (nSPS) is 12.5. The Morgan fingerprint density at radius 2 is 2.24 bits per heavy atom. The number of aryl methyl sites for hydroxylation is 1. The Morgan fingerprint density at radius 3 is 2.95 bits per heavy atom. The van der Waals surface area contributed by atoms with Gasteiger partial charge in [-0.25, -0.2) is 4.79 Å². The summed E-state index contributed by atoms with van der Waals surface area (Å²) in [6, 6.07) is 3.92. The highest BCUT2D eigenvalue weighted by molar-refractivity contribution is 9.10. The Balaban J connectivity index is 2.13. The van der Waals surface area contributed by atoms with Crippen molar-refractivity contribution >= 4 is 21.9 Å². The lowest BCUT2D eigenvalue weighted by Crippen LogP contribution is -2.11. The molecule has 0 amide bonds. The van der Waals surface area contributed by atoms with Gasteiger partial charge in [0.2, 0.25) is 0 Å². The minimum absolute atomic E-state index is 0.271. The molecule has 110 valence electrons. The first-order valence-corrected chi connectivity index (χ1v) is 7.48. The van der Waals surface area contributed by atoms with E-state index < -0.39 is 5.97 Å². The van der Waals surface area contributed by atoms with Crippen molar-refractivity contribution < 1.29 is 18.8 Å². The number of ether oxygens (including phenoxy) is 2. The second kappa shape index (κ2) is 5.52. The van der Waals surface area contributed by atoms with Gasteiger partial charge in [0.05, 0.1) is 18.2 Å². The number of aromatic nitrogens is 1. The zero-order valence-corrected chi connectivity index (χ0v) is 13.3. The number of carbonyl (C=O) groups is 1. The summed E-state index contributed by atoms with van der Waals surface area (Å²) in [6.45, 7) is 2.08. The summed E-state index contributed by atoms with van der Waals surface area (Å²) >= 11 is 3.55. The standard InChI is InChI=1S/C15H14BrNO4/c1-3-20-15(18)13-9-6-4-8-5-7-10(19-2)12(16)11(8)14(9)21-17-13/h5,7H,3-4,6H2,1-2H3. The van der Waals surface area contributed by atoms with E-state index in [1.807, 2.05) is 12.1 Å². The molecule has 3 rings (SSSR count). The van der Waals surface area contributed by atoms with Crippen LogP contribution in [0.25, 0.3) is 11.3 Å². The number of hydrogen-bond donors (Lipinski definition) is 0. The van der Waals surface area contributed by atoms with Gasteiger partial charge in [0.1, 0.15) is 5.75 Å². The first kappa shape index (κ1) is 14.1. The molecule has 6 heteroatoms. The first-order valence-electron chi connectivity index (χ1n) is 6.68. The molecule has 1 heterocycles. The van der Waals surface area contributed by atoms with Crippen LogP contribution < -0.4 is 4.74 Å². The summed E-state index contributed by atoms with van der Waals surface area (Å²) in [5.74, 6) is 0.894. The fraction of sp³-hybridized carbons (Fsp3) is 0.333. The van der Waals surface area contributed by atoms with Crippen molar-refractivity contribution in [2.45, 2.75) is 19.8 Å². The lowest BCUT2D eigenvalue weighted by atomic mass is 9.89.